The van der Waals surface area contributed by atoms with Crippen LogP contribution in [0.25, 0.3) is 0 Å². The lowest BCUT2D eigenvalue weighted by atomic mass is 10.1. The van der Waals surface area contributed by atoms with E-state index in [2.05, 4.69) is 5.32 Å². The zero-order valence-corrected chi connectivity index (χ0v) is 24.7. The first-order valence-corrected chi connectivity index (χ1v) is 15.0. The van der Waals surface area contributed by atoms with Gasteiger partial charge in [-0.1, -0.05) is 51.1 Å². The highest BCUT2D eigenvalue weighted by Gasteiger charge is 2.33. The zero-order valence-electron chi connectivity index (χ0n) is 23.9. The average Bonchev–Trinajstić information content (AvgIpc) is 2.97. The van der Waals surface area contributed by atoms with E-state index in [9.17, 15) is 22.4 Å². The fourth-order valence-corrected chi connectivity index (χ4v) is 5.74. The van der Waals surface area contributed by atoms with Gasteiger partial charge in [-0.25, -0.2) is 12.8 Å². The maximum atomic E-state index is 14.0. The molecule has 0 aliphatic carbocycles. The van der Waals surface area contributed by atoms with Gasteiger partial charge in [-0.05, 0) is 72.9 Å². The Bertz CT molecular complexity index is 1380. The van der Waals surface area contributed by atoms with Gasteiger partial charge in [-0.2, -0.15) is 0 Å². The summed E-state index contributed by atoms with van der Waals surface area (Å²) in [6.45, 7) is 5.84. The van der Waals surface area contributed by atoms with Crippen molar-refractivity contribution in [2.24, 2.45) is 5.92 Å². The minimum atomic E-state index is -4.25. The van der Waals surface area contributed by atoms with Gasteiger partial charge in [0, 0.05) is 13.1 Å². The van der Waals surface area contributed by atoms with E-state index in [0.29, 0.717) is 25.1 Å². The summed E-state index contributed by atoms with van der Waals surface area (Å²) in [7, 11) is -2.78. The number of carbonyl (C=O) groups is 2. The van der Waals surface area contributed by atoms with Gasteiger partial charge in [-0.15, -0.1) is 0 Å². The van der Waals surface area contributed by atoms with E-state index in [4.69, 9.17) is 4.74 Å². The fraction of sp³-hybridized carbons (Fsp3) is 0.355. The Balaban J connectivity index is 1.99. The van der Waals surface area contributed by atoms with Gasteiger partial charge in [-0.3, -0.25) is 13.9 Å². The van der Waals surface area contributed by atoms with Gasteiger partial charge in [0.05, 0.1) is 17.7 Å². The Morgan fingerprint density at radius 1 is 0.951 bits per heavy atom. The van der Waals surface area contributed by atoms with Crippen molar-refractivity contribution < 1.29 is 27.1 Å². The Hall–Kier alpha value is -3.92. The van der Waals surface area contributed by atoms with Gasteiger partial charge < -0.3 is 15.0 Å². The van der Waals surface area contributed by atoms with E-state index in [1.807, 2.05) is 51.1 Å². The number of carbonyl (C=O) groups excluding carboxylic acids is 2. The summed E-state index contributed by atoms with van der Waals surface area (Å²) in [4.78, 5) is 28.6. The highest BCUT2D eigenvalue weighted by Crippen LogP contribution is 2.26. The largest absolute Gasteiger partial charge is 0.497 e. The first-order chi connectivity index (χ1) is 19.6. The number of hydrogen-bond acceptors (Lipinski definition) is 5. The first kappa shape index (κ1) is 31.6. The molecule has 220 valence electrons. The fourth-order valence-electron chi connectivity index (χ4n) is 4.33. The molecule has 3 aromatic carbocycles. The molecule has 0 bridgehead atoms. The molecule has 1 atom stereocenters. The summed E-state index contributed by atoms with van der Waals surface area (Å²) in [5.41, 5.74) is 1.10. The van der Waals surface area contributed by atoms with Crippen molar-refractivity contribution in [1.29, 1.82) is 0 Å². The molecule has 0 saturated heterocycles. The number of rotatable bonds is 14. The van der Waals surface area contributed by atoms with E-state index in [1.54, 1.807) is 0 Å². The van der Waals surface area contributed by atoms with Gasteiger partial charge in [0.25, 0.3) is 10.0 Å². The van der Waals surface area contributed by atoms with E-state index < -0.39 is 34.3 Å². The number of ether oxygens (including phenoxy) is 1. The van der Waals surface area contributed by atoms with Crippen LogP contribution in [0.1, 0.15) is 32.8 Å². The van der Waals surface area contributed by atoms with Crippen LogP contribution in [0.15, 0.2) is 83.8 Å². The minimum absolute atomic E-state index is 0.0621. The number of halogens is 1. The zero-order chi connectivity index (χ0) is 30.0. The summed E-state index contributed by atoms with van der Waals surface area (Å²) in [5.74, 6) is -0.700. The Kier molecular flexibility index (Phi) is 11.3. The third-order valence-corrected chi connectivity index (χ3v) is 8.38. The second-order valence-corrected chi connectivity index (χ2v) is 11.9. The predicted octanol–water partition coefficient (Wildman–Crippen LogP) is 4.65. The lowest BCUT2D eigenvalue weighted by Crippen LogP contribution is -2.53. The van der Waals surface area contributed by atoms with Crippen molar-refractivity contribution >= 4 is 27.5 Å². The molecule has 2 amide bonds. The number of nitrogens with one attached hydrogen (secondary N) is 1. The number of amides is 2. The van der Waals surface area contributed by atoms with E-state index in [-0.39, 0.29) is 29.0 Å². The molecular formula is C31H38FN3O5S. The van der Waals surface area contributed by atoms with Crippen molar-refractivity contribution in [2.45, 2.75) is 44.6 Å². The molecule has 3 aromatic rings. The first-order valence-electron chi connectivity index (χ1n) is 13.6. The quantitative estimate of drug-likeness (QED) is 0.298. The van der Waals surface area contributed by atoms with Crippen LogP contribution in [0.3, 0.4) is 0 Å². The van der Waals surface area contributed by atoms with Crippen LogP contribution in [0.5, 0.6) is 5.75 Å². The molecule has 0 aliphatic rings. The monoisotopic (exact) mass is 583 g/mol. The lowest BCUT2D eigenvalue weighted by Gasteiger charge is -2.33. The standard InChI is InChI=1S/C31H38FN3O5S/c1-5-29(31(37)33-21-23(2)3)34(20-19-24-9-7-6-8-10-24)30(36)22-35(26-13-11-25(32)12-14-26)41(38,39)28-17-15-27(40-4)16-18-28/h6-18,23,29H,5,19-22H2,1-4H3,(H,33,37)/t29-/m0/s1. The molecule has 0 fully saturated rings. The van der Waals surface area contributed by atoms with Crippen LogP contribution in [0.4, 0.5) is 10.1 Å². The van der Waals surface area contributed by atoms with Crippen LogP contribution < -0.4 is 14.4 Å². The van der Waals surface area contributed by atoms with Gasteiger partial charge in [0.2, 0.25) is 11.8 Å². The Labute approximate surface area is 242 Å². The Morgan fingerprint density at radius 2 is 1.59 bits per heavy atom. The van der Waals surface area contributed by atoms with Crippen molar-refractivity contribution in [3.8, 4) is 5.75 Å². The molecule has 0 radical (unpaired) electrons. The summed E-state index contributed by atoms with van der Waals surface area (Å²) < 4.78 is 47.6. The summed E-state index contributed by atoms with van der Waals surface area (Å²) in [5, 5.41) is 2.91. The molecule has 8 nitrogen and oxygen atoms in total. The van der Waals surface area contributed by atoms with Crippen molar-refractivity contribution in [2.75, 3.05) is 31.0 Å². The molecular weight excluding hydrogens is 545 g/mol. The topological polar surface area (TPSA) is 96.0 Å². The van der Waals surface area contributed by atoms with Crippen molar-refractivity contribution in [3.63, 3.8) is 0 Å². The van der Waals surface area contributed by atoms with Crippen LogP contribution in [0.2, 0.25) is 0 Å². The van der Waals surface area contributed by atoms with Crippen LogP contribution in [-0.4, -0.2) is 57.9 Å². The second kappa shape index (κ2) is 14.6. The second-order valence-electron chi connectivity index (χ2n) is 10.0. The van der Waals surface area contributed by atoms with Crippen LogP contribution in [0, 0.1) is 11.7 Å². The molecule has 0 aromatic heterocycles. The minimum Gasteiger partial charge on any atom is -0.497 e. The third-order valence-electron chi connectivity index (χ3n) is 6.60. The predicted molar refractivity (Wildman–Crippen MR) is 158 cm³/mol. The summed E-state index contributed by atoms with van der Waals surface area (Å²) in [6.07, 6.45) is 0.814. The third kappa shape index (κ3) is 8.53. The highest BCUT2D eigenvalue weighted by atomic mass is 32.2. The molecule has 0 unspecified atom stereocenters. The molecule has 10 heteroatoms. The lowest BCUT2D eigenvalue weighted by molar-refractivity contribution is -0.139. The van der Waals surface area contributed by atoms with Crippen LogP contribution in [-0.2, 0) is 26.0 Å². The number of sulfonamides is 1. The molecule has 0 aliphatic heterocycles. The number of hydrogen-bond donors (Lipinski definition) is 1. The number of nitrogens with zero attached hydrogens (tertiary/aromatic N) is 2. The summed E-state index contributed by atoms with van der Waals surface area (Å²) >= 11 is 0. The Morgan fingerprint density at radius 3 is 2.15 bits per heavy atom. The molecule has 0 heterocycles. The van der Waals surface area contributed by atoms with Crippen molar-refractivity contribution in [1.82, 2.24) is 10.2 Å². The van der Waals surface area contributed by atoms with E-state index >= 15 is 0 Å². The molecule has 0 spiro atoms. The van der Waals surface area contributed by atoms with Gasteiger partial charge >= 0.3 is 0 Å². The summed E-state index contributed by atoms with van der Waals surface area (Å²) in [6, 6.07) is 19.4. The molecule has 3 rings (SSSR count). The SMILES string of the molecule is CC[C@@H](C(=O)NCC(C)C)N(CCc1ccccc1)C(=O)CN(c1ccc(F)cc1)S(=O)(=O)c1ccc(OC)cc1. The molecule has 0 saturated carbocycles. The maximum absolute atomic E-state index is 14.0. The van der Waals surface area contributed by atoms with E-state index in [1.165, 1.54) is 48.4 Å². The number of anilines is 1. The number of benzene rings is 3. The average molecular weight is 584 g/mol. The van der Waals surface area contributed by atoms with E-state index in [0.717, 1.165) is 22.0 Å². The van der Waals surface area contributed by atoms with Crippen molar-refractivity contribution in [3.05, 3.63) is 90.2 Å². The van der Waals surface area contributed by atoms with Gasteiger partial charge in [0.1, 0.15) is 24.2 Å². The van der Waals surface area contributed by atoms with Gasteiger partial charge in [0.15, 0.2) is 0 Å². The number of methoxy groups -OCH3 is 1. The smallest absolute Gasteiger partial charge is 0.264 e. The molecule has 41 heavy (non-hydrogen) atoms. The highest BCUT2D eigenvalue weighted by molar-refractivity contribution is 7.92. The maximum Gasteiger partial charge on any atom is 0.264 e. The normalized spacial score (nSPS) is 12.0. The molecule has 1 N–H and O–H groups in total. The van der Waals surface area contributed by atoms with Crippen LogP contribution >= 0.6 is 0 Å².